The van der Waals surface area contributed by atoms with E-state index in [0.717, 1.165) is 0 Å². The Balaban J connectivity index is 2.28. The molecule has 0 saturated heterocycles. The maximum atomic E-state index is 5.88. The standard InChI is InChI=1S/C10H7Cl3N4/c11-6-2-1-5(3-7(6)12)15-10-16-8(13)4-9(14)17-10/h1-4H,(H3,14,15,16,17). The summed E-state index contributed by atoms with van der Waals surface area (Å²) in [7, 11) is 0. The molecular weight excluding hydrogens is 282 g/mol. The average Bonchev–Trinajstić information content (AvgIpc) is 2.22. The Morgan fingerprint density at radius 2 is 1.76 bits per heavy atom. The summed E-state index contributed by atoms with van der Waals surface area (Å²) in [6.07, 6.45) is 0. The number of nitrogens with zero attached hydrogens (tertiary/aromatic N) is 2. The van der Waals surface area contributed by atoms with E-state index in [1.807, 2.05) is 0 Å². The van der Waals surface area contributed by atoms with Crippen LogP contribution in [-0.4, -0.2) is 9.97 Å². The molecule has 1 aromatic heterocycles. The van der Waals surface area contributed by atoms with Crippen molar-refractivity contribution in [2.24, 2.45) is 0 Å². The van der Waals surface area contributed by atoms with Crippen LogP contribution in [0.15, 0.2) is 24.3 Å². The van der Waals surface area contributed by atoms with Crippen LogP contribution in [0.1, 0.15) is 0 Å². The van der Waals surface area contributed by atoms with Crippen molar-refractivity contribution < 1.29 is 0 Å². The zero-order chi connectivity index (χ0) is 12.4. The first-order valence-electron chi connectivity index (χ1n) is 4.57. The molecule has 1 heterocycles. The fourth-order valence-corrected chi connectivity index (χ4v) is 1.68. The molecule has 4 nitrogen and oxygen atoms in total. The summed E-state index contributed by atoms with van der Waals surface area (Å²) in [5.41, 5.74) is 6.24. The first-order valence-corrected chi connectivity index (χ1v) is 5.70. The van der Waals surface area contributed by atoms with Crippen LogP contribution >= 0.6 is 34.8 Å². The zero-order valence-corrected chi connectivity index (χ0v) is 10.7. The topological polar surface area (TPSA) is 63.8 Å². The van der Waals surface area contributed by atoms with Crippen molar-refractivity contribution in [3.8, 4) is 0 Å². The maximum absolute atomic E-state index is 5.88. The SMILES string of the molecule is Nc1cc(Cl)nc(Nc2ccc(Cl)c(Cl)c2)n1. The van der Waals surface area contributed by atoms with E-state index in [0.29, 0.717) is 21.7 Å². The van der Waals surface area contributed by atoms with Gasteiger partial charge in [-0.05, 0) is 18.2 Å². The van der Waals surface area contributed by atoms with Crippen molar-refractivity contribution in [2.75, 3.05) is 11.1 Å². The number of nitrogens with one attached hydrogen (secondary N) is 1. The highest BCUT2D eigenvalue weighted by Crippen LogP contribution is 2.26. The molecule has 0 unspecified atom stereocenters. The summed E-state index contributed by atoms with van der Waals surface area (Å²) in [5, 5.41) is 4.10. The third kappa shape index (κ3) is 3.12. The van der Waals surface area contributed by atoms with E-state index in [2.05, 4.69) is 15.3 Å². The number of anilines is 3. The van der Waals surface area contributed by atoms with Crippen LogP contribution in [0.4, 0.5) is 17.5 Å². The van der Waals surface area contributed by atoms with E-state index >= 15 is 0 Å². The smallest absolute Gasteiger partial charge is 0.230 e. The highest BCUT2D eigenvalue weighted by Gasteiger charge is 2.03. The summed E-state index contributed by atoms with van der Waals surface area (Å²) >= 11 is 17.4. The second-order valence-electron chi connectivity index (χ2n) is 3.19. The van der Waals surface area contributed by atoms with Crippen molar-refractivity contribution in [2.45, 2.75) is 0 Å². The van der Waals surface area contributed by atoms with Gasteiger partial charge in [0.05, 0.1) is 10.0 Å². The minimum absolute atomic E-state index is 0.264. The van der Waals surface area contributed by atoms with Crippen molar-refractivity contribution in [3.63, 3.8) is 0 Å². The van der Waals surface area contributed by atoms with Crippen LogP contribution in [0.2, 0.25) is 15.2 Å². The quantitative estimate of drug-likeness (QED) is 0.826. The lowest BCUT2D eigenvalue weighted by Gasteiger charge is -2.06. The van der Waals surface area contributed by atoms with E-state index in [9.17, 15) is 0 Å². The Morgan fingerprint density at radius 1 is 1.00 bits per heavy atom. The fourth-order valence-electron chi connectivity index (χ4n) is 1.19. The molecule has 1 aromatic carbocycles. The molecule has 0 aliphatic rings. The Kier molecular flexibility index (Phi) is 3.57. The number of hydrogen-bond acceptors (Lipinski definition) is 4. The molecule has 0 aliphatic heterocycles. The third-order valence-electron chi connectivity index (χ3n) is 1.89. The second kappa shape index (κ2) is 4.96. The van der Waals surface area contributed by atoms with Gasteiger partial charge in [0.25, 0.3) is 0 Å². The normalized spacial score (nSPS) is 10.3. The third-order valence-corrected chi connectivity index (χ3v) is 2.82. The highest BCUT2D eigenvalue weighted by atomic mass is 35.5. The van der Waals surface area contributed by atoms with E-state index in [4.69, 9.17) is 40.5 Å². The Morgan fingerprint density at radius 3 is 2.41 bits per heavy atom. The van der Waals surface area contributed by atoms with Gasteiger partial charge in [0.2, 0.25) is 5.95 Å². The minimum atomic E-state index is 0.264. The number of rotatable bonds is 2. The molecule has 0 atom stereocenters. The van der Waals surface area contributed by atoms with Gasteiger partial charge in [-0.3, -0.25) is 0 Å². The van der Waals surface area contributed by atoms with Crippen molar-refractivity contribution in [1.82, 2.24) is 9.97 Å². The van der Waals surface area contributed by atoms with E-state index in [1.54, 1.807) is 18.2 Å². The van der Waals surface area contributed by atoms with E-state index < -0.39 is 0 Å². The molecule has 2 rings (SSSR count). The van der Waals surface area contributed by atoms with Gasteiger partial charge in [0, 0.05) is 11.8 Å². The summed E-state index contributed by atoms with van der Waals surface area (Å²) < 4.78 is 0. The number of hydrogen-bond donors (Lipinski definition) is 2. The number of halogens is 3. The summed E-state index contributed by atoms with van der Waals surface area (Å²) in [5.74, 6) is 0.584. The molecule has 0 fully saturated rings. The van der Waals surface area contributed by atoms with Gasteiger partial charge in [-0.1, -0.05) is 34.8 Å². The second-order valence-corrected chi connectivity index (χ2v) is 4.39. The first-order chi connectivity index (χ1) is 8.04. The first kappa shape index (κ1) is 12.2. The lowest BCUT2D eigenvalue weighted by atomic mass is 10.3. The van der Waals surface area contributed by atoms with E-state index in [1.165, 1.54) is 6.07 Å². The van der Waals surface area contributed by atoms with Crippen LogP contribution < -0.4 is 11.1 Å². The Bertz CT molecular complexity index is 539. The lowest BCUT2D eigenvalue weighted by Crippen LogP contribution is -2.00. The van der Waals surface area contributed by atoms with Crippen LogP contribution in [-0.2, 0) is 0 Å². The molecule has 0 radical (unpaired) electrons. The van der Waals surface area contributed by atoms with Crippen molar-refractivity contribution in [3.05, 3.63) is 39.5 Å². The molecule has 7 heteroatoms. The predicted molar refractivity (Wildman–Crippen MR) is 71.2 cm³/mol. The molecule has 3 N–H and O–H groups in total. The van der Waals surface area contributed by atoms with Crippen LogP contribution in [0, 0.1) is 0 Å². The molecule has 17 heavy (non-hydrogen) atoms. The van der Waals surface area contributed by atoms with Gasteiger partial charge in [0.15, 0.2) is 0 Å². The van der Waals surface area contributed by atoms with Crippen molar-refractivity contribution in [1.29, 1.82) is 0 Å². The van der Waals surface area contributed by atoms with E-state index in [-0.39, 0.29) is 11.0 Å². The summed E-state index contributed by atoms with van der Waals surface area (Å²) in [4.78, 5) is 7.94. The van der Waals surface area contributed by atoms with Gasteiger partial charge in [-0.2, -0.15) is 4.98 Å². The number of nitrogen functional groups attached to an aromatic ring is 1. The van der Waals surface area contributed by atoms with Gasteiger partial charge >= 0.3 is 0 Å². The fraction of sp³-hybridized carbons (Fsp3) is 0. The number of nitrogens with two attached hydrogens (primary N) is 1. The molecule has 0 amide bonds. The average molecular weight is 290 g/mol. The maximum Gasteiger partial charge on any atom is 0.230 e. The van der Waals surface area contributed by atoms with Gasteiger partial charge in [0.1, 0.15) is 11.0 Å². The summed E-state index contributed by atoms with van der Waals surface area (Å²) in [6.45, 7) is 0. The number of benzene rings is 1. The van der Waals surface area contributed by atoms with Crippen LogP contribution in [0.3, 0.4) is 0 Å². The molecule has 2 aromatic rings. The largest absolute Gasteiger partial charge is 0.383 e. The zero-order valence-electron chi connectivity index (χ0n) is 8.42. The molecule has 0 saturated carbocycles. The Hall–Kier alpha value is -1.23. The van der Waals surface area contributed by atoms with Crippen LogP contribution in [0.5, 0.6) is 0 Å². The van der Waals surface area contributed by atoms with Crippen molar-refractivity contribution >= 4 is 52.3 Å². The molecule has 88 valence electrons. The predicted octanol–water partition coefficient (Wildman–Crippen LogP) is 3.76. The van der Waals surface area contributed by atoms with Gasteiger partial charge in [-0.25, -0.2) is 4.98 Å². The molecule has 0 spiro atoms. The summed E-state index contributed by atoms with van der Waals surface area (Å²) in [6, 6.07) is 6.53. The minimum Gasteiger partial charge on any atom is -0.383 e. The molecule has 0 bridgehead atoms. The van der Waals surface area contributed by atoms with Gasteiger partial charge < -0.3 is 11.1 Å². The highest BCUT2D eigenvalue weighted by molar-refractivity contribution is 6.42. The van der Waals surface area contributed by atoms with Gasteiger partial charge in [-0.15, -0.1) is 0 Å². The monoisotopic (exact) mass is 288 g/mol. The van der Waals surface area contributed by atoms with Crippen LogP contribution in [0.25, 0.3) is 0 Å². The lowest BCUT2D eigenvalue weighted by molar-refractivity contribution is 1.17. The number of aromatic nitrogens is 2. The Labute approximate surface area is 113 Å². The molecule has 0 aliphatic carbocycles. The molecular formula is C10H7Cl3N4.